The highest BCUT2D eigenvalue weighted by Crippen LogP contribution is 2.36. The van der Waals surface area contributed by atoms with Crippen LogP contribution in [0.4, 0.5) is 24.5 Å². The lowest BCUT2D eigenvalue weighted by Gasteiger charge is -2.34. The van der Waals surface area contributed by atoms with Gasteiger partial charge in [0.2, 0.25) is 5.91 Å². The van der Waals surface area contributed by atoms with Crippen molar-refractivity contribution in [3.8, 4) is 16.9 Å². The van der Waals surface area contributed by atoms with Crippen molar-refractivity contribution in [1.29, 1.82) is 0 Å². The van der Waals surface area contributed by atoms with Crippen molar-refractivity contribution < 1.29 is 22.7 Å². The third-order valence-electron chi connectivity index (χ3n) is 5.76. The molecule has 3 aromatic carbocycles. The molecule has 5 nitrogen and oxygen atoms in total. The van der Waals surface area contributed by atoms with Crippen LogP contribution >= 0.6 is 0 Å². The largest absolute Gasteiger partial charge is 0.573 e. The fraction of sp³-hybridized carbons (Fsp3) is 0.269. The lowest BCUT2D eigenvalue weighted by molar-refractivity contribution is -0.274. The first-order chi connectivity index (χ1) is 16.3. The number of rotatable bonds is 6. The summed E-state index contributed by atoms with van der Waals surface area (Å²) in [5, 5.41) is 3.26. The number of benzene rings is 3. The van der Waals surface area contributed by atoms with Gasteiger partial charge in [-0.1, -0.05) is 42.5 Å². The van der Waals surface area contributed by atoms with Crippen LogP contribution in [0.5, 0.6) is 5.75 Å². The number of carbonyl (C=O) groups is 1. The number of ether oxygens (including phenoxy) is 1. The Morgan fingerprint density at radius 2 is 1.56 bits per heavy atom. The van der Waals surface area contributed by atoms with Crippen molar-refractivity contribution in [2.45, 2.75) is 19.8 Å². The minimum Gasteiger partial charge on any atom is -0.405 e. The number of nitrogens with zero attached hydrogens (tertiary/aromatic N) is 2. The Balaban J connectivity index is 1.45. The molecular formula is C26H26F3N3O2. The number of amides is 1. The molecule has 0 bridgehead atoms. The molecule has 178 valence electrons. The minimum atomic E-state index is -4.77. The summed E-state index contributed by atoms with van der Waals surface area (Å²) in [5.41, 5.74) is 3.62. The maximum absolute atomic E-state index is 12.9. The number of halogens is 3. The highest BCUT2D eigenvalue weighted by Gasteiger charge is 2.32. The van der Waals surface area contributed by atoms with Gasteiger partial charge >= 0.3 is 6.36 Å². The number of carbonyl (C=O) groups excluding carboxylic acids is 1. The van der Waals surface area contributed by atoms with Crippen LogP contribution in [0.1, 0.15) is 12.5 Å². The maximum atomic E-state index is 12.9. The number of hydrogen-bond acceptors (Lipinski definition) is 4. The van der Waals surface area contributed by atoms with Gasteiger partial charge < -0.3 is 15.0 Å². The van der Waals surface area contributed by atoms with Crippen molar-refractivity contribution in [3.05, 3.63) is 78.4 Å². The van der Waals surface area contributed by atoms with Gasteiger partial charge in [-0.2, -0.15) is 0 Å². The monoisotopic (exact) mass is 469 g/mol. The molecule has 4 rings (SSSR count). The minimum absolute atomic E-state index is 0.114. The second-order valence-corrected chi connectivity index (χ2v) is 8.23. The van der Waals surface area contributed by atoms with E-state index in [0.29, 0.717) is 16.8 Å². The van der Waals surface area contributed by atoms with E-state index in [-0.39, 0.29) is 11.7 Å². The quantitative estimate of drug-likeness (QED) is 0.506. The molecule has 1 N–H and O–H groups in total. The number of hydrogen-bond donors (Lipinski definition) is 1. The van der Waals surface area contributed by atoms with E-state index in [1.54, 1.807) is 49.4 Å². The third-order valence-corrected chi connectivity index (χ3v) is 5.76. The van der Waals surface area contributed by atoms with Crippen molar-refractivity contribution in [2.75, 3.05) is 31.5 Å². The summed E-state index contributed by atoms with van der Waals surface area (Å²) in [6.07, 6.45) is -4.77. The molecule has 1 saturated heterocycles. The molecule has 0 unspecified atom stereocenters. The van der Waals surface area contributed by atoms with E-state index in [1.165, 1.54) is 6.07 Å². The van der Waals surface area contributed by atoms with Crippen LogP contribution in [0.3, 0.4) is 0 Å². The second kappa shape index (κ2) is 10.2. The number of nitrogens with one attached hydrogen (secondary N) is 1. The van der Waals surface area contributed by atoms with Gasteiger partial charge in [-0.25, -0.2) is 0 Å². The topological polar surface area (TPSA) is 44.8 Å². The van der Waals surface area contributed by atoms with Crippen LogP contribution in [0.2, 0.25) is 0 Å². The molecule has 0 aliphatic carbocycles. The molecule has 34 heavy (non-hydrogen) atoms. The zero-order valence-electron chi connectivity index (χ0n) is 18.8. The summed E-state index contributed by atoms with van der Waals surface area (Å²) in [7, 11) is 0. The van der Waals surface area contributed by atoms with Gasteiger partial charge in [-0.05, 0) is 41.5 Å². The van der Waals surface area contributed by atoms with E-state index >= 15 is 0 Å². The van der Waals surface area contributed by atoms with Gasteiger partial charge in [0.1, 0.15) is 5.75 Å². The number of anilines is 2. The van der Waals surface area contributed by atoms with E-state index in [0.717, 1.165) is 44.0 Å². The molecule has 1 fully saturated rings. The van der Waals surface area contributed by atoms with Crippen LogP contribution < -0.4 is 10.1 Å². The van der Waals surface area contributed by atoms with Gasteiger partial charge in [-0.3, -0.25) is 9.69 Å². The average molecular weight is 470 g/mol. The third kappa shape index (κ3) is 6.29. The van der Waals surface area contributed by atoms with Gasteiger partial charge in [0.15, 0.2) is 0 Å². The van der Waals surface area contributed by atoms with E-state index in [4.69, 9.17) is 0 Å². The molecule has 1 aliphatic heterocycles. The molecule has 0 radical (unpaired) electrons. The summed E-state index contributed by atoms with van der Waals surface area (Å²) < 4.78 is 42.9. The Morgan fingerprint density at radius 3 is 2.18 bits per heavy atom. The van der Waals surface area contributed by atoms with Gasteiger partial charge in [0, 0.05) is 56.6 Å². The molecule has 0 saturated carbocycles. The van der Waals surface area contributed by atoms with E-state index in [1.807, 2.05) is 29.2 Å². The van der Waals surface area contributed by atoms with Crippen LogP contribution in [-0.4, -0.2) is 48.2 Å². The second-order valence-electron chi connectivity index (χ2n) is 8.23. The van der Waals surface area contributed by atoms with Crippen LogP contribution in [0, 0.1) is 0 Å². The summed E-state index contributed by atoms with van der Waals surface area (Å²) in [6, 6.07) is 21.3. The zero-order valence-corrected chi connectivity index (χ0v) is 18.8. The smallest absolute Gasteiger partial charge is 0.405 e. The van der Waals surface area contributed by atoms with Crippen molar-refractivity contribution in [1.82, 2.24) is 9.80 Å². The Bertz CT molecular complexity index is 1110. The average Bonchev–Trinajstić information content (AvgIpc) is 2.81. The Kier molecular flexibility index (Phi) is 7.07. The Hall–Kier alpha value is -3.52. The summed E-state index contributed by atoms with van der Waals surface area (Å²) in [4.78, 5) is 15.6. The van der Waals surface area contributed by atoms with Crippen LogP contribution in [0.25, 0.3) is 11.1 Å². The van der Waals surface area contributed by atoms with Gasteiger partial charge in [0.25, 0.3) is 0 Å². The number of piperazine rings is 1. The fourth-order valence-corrected chi connectivity index (χ4v) is 4.00. The maximum Gasteiger partial charge on any atom is 0.573 e. The lowest BCUT2D eigenvalue weighted by Crippen LogP contribution is -2.47. The van der Waals surface area contributed by atoms with E-state index in [9.17, 15) is 18.0 Å². The fourth-order valence-electron chi connectivity index (χ4n) is 4.00. The lowest BCUT2D eigenvalue weighted by atomic mass is 10.0. The predicted octanol–water partition coefficient (Wildman–Crippen LogP) is 5.66. The first-order valence-electron chi connectivity index (χ1n) is 11.1. The number of alkyl halides is 3. The molecule has 8 heteroatoms. The standard InChI is InChI=1S/C26H26F3N3O2/c1-19(33)32-15-13-31(14-16-32)18-20-7-9-22(10-8-20)30-23-11-12-25(34-26(27,28)29)24(17-23)21-5-3-2-4-6-21/h2-12,17,30H,13-16,18H2,1H3. The molecule has 0 spiro atoms. The highest BCUT2D eigenvalue weighted by atomic mass is 19.4. The molecule has 1 aliphatic rings. The molecule has 3 aromatic rings. The van der Waals surface area contributed by atoms with Crippen LogP contribution in [0.15, 0.2) is 72.8 Å². The Labute approximate surface area is 196 Å². The normalized spacial score (nSPS) is 14.6. The van der Waals surface area contributed by atoms with Gasteiger partial charge in [0.05, 0.1) is 0 Å². The SMILES string of the molecule is CC(=O)N1CCN(Cc2ccc(Nc3ccc(OC(F)(F)F)c(-c4ccccc4)c3)cc2)CC1. The van der Waals surface area contributed by atoms with Crippen LogP contribution in [-0.2, 0) is 11.3 Å². The van der Waals surface area contributed by atoms with E-state index in [2.05, 4.69) is 15.0 Å². The first-order valence-corrected chi connectivity index (χ1v) is 11.1. The molecule has 0 atom stereocenters. The zero-order chi connectivity index (χ0) is 24.1. The molecule has 0 aromatic heterocycles. The van der Waals surface area contributed by atoms with Crippen molar-refractivity contribution in [3.63, 3.8) is 0 Å². The first kappa shape index (κ1) is 23.6. The molecule has 1 amide bonds. The van der Waals surface area contributed by atoms with Crippen molar-refractivity contribution >= 4 is 17.3 Å². The highest BCUT2D eigenvalue weighted by molar-refractivity contribution is 5.76. The summed E-state index contributed by atoms with van der Waals surface area (Å²) in [6.45, 7) is 5.57. The van der Waals surface area contributed by atoms with Gasteiger partial charge in [-0.15, -0.1) is 13.2 Å². The molecule has 1 heterocycles. The summed E-state index contributed by atoms with van der Waals surface area (Å²) >= 11 is 0. The van der Waals surface area contributed by atoms with E-state index < -0.39 is 6.36 Å². The predicted molar refractivity (Wildman–Crippen MR) is 126 cm³/mol. The van der Waals surface area contributed by atoms with Crippen molar-refractivity contribution in [2.24, 2.45) is 0 Å². The summed E-state index contributed by atoms with van der Waals surface area (Å²) in [5.74, 6) is -0.132. The molecular weight excluding hydrogens is 443 g/mol. The Morgan fingerprint density at radius 1 is 0.912 bits per heavy atom.